The molecule has 1 aromatic carbocycles. The Morgan fingerprint density at radius 2 is 1.89 bits per heavy atom. The highest BCUT2D eigenvalue weighted by molar-refractivity contribution is 5.97. The lowest BCUT2D eigenvalue weighted by molar-refractivity contribution is 0.804. The van der Waals surface area contributed by atoms with Crippen molar-refractivity contribution < 1.29 is 0 Å². The predicted molar refractivity (Wildman–Crippen MR) is 72.5 cm³/mol. The Balaban J connectivity index is 2.27. The topological polar surface area (TPSA) is 89.3 Å². The van der Waals surface area contributed by atoms with Crippen molar-refractivity contribution in [3.05, 3.63) is 53.7 Å². The van der Waals surface area contributed by atoms with Crippen LogP contribution in [-0.4, -0.2) is 10.8 Å². The zero-order chi connectivity index (χ0) is 13.0. The molecule has 18 heavy (non-hydrogen) atoms. The van der Waals surface area contributed by atoms with E-state index < -0.39 is 0 Å². The van der Waals surface area contributed by atoms with Crippen LogP contribution in [0.2, 0.25) is 0 Å². The molecule has 0 fully saturated rings. The minimum Gasteiger partial charge on any atom is -0.382 e. The molecule has 0 aliphatic rings. The van der Waals surface area contributed by atoms with Crippen molar-refractivity contribution in [2.75, 3.05) is 0 Å². The SMILES string of the molecule is Cc1ccc(-c2ccc(/C(N)=N/NN)cc2)nc1. The molecule has 92 valence electrons. The van der Waals surface area contributed by atoms with Gasteiger partial charge in [0.15, 0.2) is 5.84 Å². The van der Waals surface area contributed by atoms with E-state index in [1.54, 1.807) is 0 Å². The third-order valence-corrected chi connectivity index (χ3v) is 2.57. The molecule has 0 unspecified atom stereocenters. The van der Waals surface area contributed by atoms with E-state index in [9.17, 15) is 0 Å². The van der Waals surface area contributed by atoms with Crippen molar-refractivity contribution in [2.24, 2.45) is 16.7 Å². The lowest BCUT2D eigenvalue weighted by Crippen LogP contribution is -2.22. The molecule has 0 aliphatic heterocycles. The second kappa shape index (κ2) is 5.29. The molecule has 2 aromatic rings. The number of pyridine rings is 1. The monoisotopic (exact) mass is 241 g/mol. The minimum atomic E-state index is 0.348. The van der Waals surface area contributed by atoms with Gasteiger partial charge in [0.25, 0.3) is 0 Å². The number of rotatable bonds is 3. The van der Waals surface area contributed by atoms with E-state index in [1.807, 2.05) is 49.5 Å². The number of nitrogens with two attached hydrogens (primary N) is 2. The van der Waals surface area contributed by atoms with E-state index in [2.05, 4.69) is 15.6 Å². The number of hydrazine groups is 1. The average molecular weight is 241 g/mol. The van der Waals surface area contributed by atoms with Crippen molar-refractivity contribution in [1.29, 1.82) is 0 Å². The summed E-state index contributed by atoms with van der Waals surface area (Å²) in [6.45, 7) is 2.01. The van der Waals surface area contributed by atoms with E-state index in [-0.39, 0.29) is 0 Å². The first-order chi connectivity index (χ1) is 8.70. The van der Waals surface area contributed by atoms with Gasteiger partial charge < -0.3 is 5.73 Å². The first-order valence-corrected chi connectivity index (χ1v) is 5.53. The molecule has 5 heteroatoms. The molecule has 0 spiro atoms. The van der Waals surface area contributed by atoms with Gasteiger partial charge in [-0.15, -0.1) is 5.10 Å². The summed E-state index contributed by atoms with van der Waals surface area (Å²) in [5.41, 5.74) is 11.8. The van der Waals surface area contributed by atoms with Gasteiger partial charge in [-0.1, -0.05) is 30.3 Å². The molecule has 5 nitrogen and oxygen atoms in total. The van der Waals surface area contributed by atoms with E-state index in [0.717, 1.165) is 22.4 Å². The molecule has 0 saturated heterocycles. The molecule has 0 saturated carbocycles. The largest absolute Gasteiger partial charge is 0.382 e. The average Bonchev–Trinajstić information content (AvgIpc) is 2.40. The lowest BCUT2D eigenvalue weighted by Gasteiger charge is -2.04. The molecule has 0 radical (unpaired) electrons. The van der Waals surface area contributed by atoms with Crippen LogP contribution < -0.4 is 17.1 Å². The number of amidine groups is 1. The highest BCUT2D eigenvalue weighted by atomic mass is 15.5. The maximum absolute atomic E-state index is 5.71. The second-order valence-electron chi connectivity index (χ2n) is 3.92. The van der Waals surface area contributed by atoms with Crippen LogP contribution in [0.25, 0.3) is 11.3 Å². The van der Waals surface area contributed by atoms with Gasteiger partial charge in [0.05, 0.1) is 5.69 Å². The van der Waals surface area contributed by atoms with Crippen LogP contribution in [0, 0.1) is 6.92 Å². The molecule has 0 aliphatic carbocycles. The summed E-state index contributed by atoms with van der Waals surface area (Å²) in [5, 5.41) is 3.72. The minimum absolute atomic E-state index is 0.348. The van der Waals surface area contributed by atoms with Gasteiger partial charge >= 0.3 is 0 Å². The normalized spacial score (nSPS) is 11.3. The lowest BCUT2D eigenvalue weighted by atomic mass is 10.1. The molecule has 1 heterocycles. The highest BCUT2D eigenvalue weighted by Gasteiger charge is 2.01. The third-order valence-electron chi connectivity index (χ3n) is 2.57. The summed E-state index contributed by atoms with van der Waals surface area (Å²) < 4.78 is 0. The molecule has 5 N–H and O–H groups in total. The Morgan fingerprint density at radius 1 is 1.17 bits per heavy atom. The third kappa shape index (κ3) is 2.64. The van der Waals surface area contributed by atoms with Crippen LogP contribution in [-0.2, 0) is 0 Å². The number of benzene rings is 1. The Hall–Kier alpha value is -2.40. The molecule has 0 bridgehead atoms. The number of aryl methyl sites for hydroxylation is 1. The van der Waals surface area contributed by atoms with Crippen LogP contribution in [0.1, 0.15) is 11.1 Å². The zero-order valence-electron chi connectivity index (χ0n) is 10.1. The highest BCUT2D eigenvalue weighted by Crippen LogP contribution is 2.17. The summed E-state index contributed by atoms with van der Waals surface area (Å²) in [6, 6.07) is 11.7. The van der Waals surface area contributed by atoms with Gasteiger partial charge in [0.1, 0.15) is 0 Å². The molecule has 0 amide bonds. The van der Waals surface area contributed by atoms with Crippen LogP contribution in [0.4, 0.5) is 0 Å². The van der Waals surface area contributed by atoms with E-state index in [4.69, 9.17) is 11.6 Å². The Labute approximate surface area is 106 Å². The number of aromatic nitrogens is 1. The first kappa shape index (κ1) is 12.1. The van der Waals surface area contributed by atoms with Crippen molar-refractivity contribution in [3.8, 4) is 11.3 Å². The Morgan fingerprint density at radius 3 is 2.44 bits per heavy atom. The summed E-state index contributed by atoms with van der Waals surface area (Å²) in [5.74, 6) is 5.42. The number of nitrogens with one attached hydrogen (secondary N) is 1. The molecule has 2 rings (SSSR count). The van der Waals surface area contributed by atoms with Crippen molar-refractivity contribution in [3.63, 3.8) is 0 Å². The van der Waals surface area contributed by atoms with Crippen LogP contribution >= 0.6 is 0 Å². The molecule has 0 atom stereocenters. The Bertz CT molecular complexity index is 543. The van der Waals surface area contributed by atoms with Gasteiger partial charge in [-0.25, -0.2) is 11.4 Å². The predicted octanol–water partition coefficient (Wildman–Crippen LogP) is 1.14. The van der Waals surface area contributed by atoms with Crippen molar-refractivity contribution in [1.82, 2.24) is 10.5 Å². The molecular weight excluding hydrogens is 226 g/mol. The number of nitrogens with zero attached hydrogens (tertiary/aromatic N) is 2. The first-order valence-electron chi connectivity index (χ1n) is 5.53. The second-order valence-corrected chi connectivity index (χ2v) is 3.92. The van der Waals surface area contributed by atoms with E-state index >= 15 is 0 Å². The smallest absolute Gasteiger partial charge is 0.152 e. The van der Waals surface area contributed by atoms with E-state index in [1.165, 1.54) is 0 Å². The van der Waals surface area contributed by atoms with Crippen molar-refractivity contribution in [2.45, 2.75) is 6.92 Å². The van der Waals surface area contributed by atoms with Crippen LogP contribution in [0.15, 0.2) is 47.7 Å². The van der Waals surface area contributed by atoms with E-state index in [0.29, 0.717) is 5.84 Å². The summed E-state index contributed by atoms with van der Waals surface area (Å²) in [6.07, 6.45) is 1.84. The quantitative estimate of drug-likeness (QED) is 0.325. The standard InChI is InChI=1S/C13H15N5/c1-9-2-7-12(16-8-9)10-3-5-11(6-4-10)13(14)17-18-15/h2-8,18H,15H2,1H3,(H2,14,17). The summed E-state index contributed by atoms with van der Waals surface area (Å²) in [7, 11) is 0. The number of hydrazone groups is 1. The van der Waals surface area contributed by atoms with Gasteiger partial charge in [-0.2, -0.15) is 0 Å². The van der Waals surface area contributed by atoms with Gasteiger partial charge in [-0.05, 0) is 18.6 Å². The number of hydrogen-bond donors (Lipinski definition) is 3. The fourth-order valence-electron chi connectivity index (χ4n) is 1.58. The maximum Gasteiger partial charge on any atom is 0.152 e. The number of hydrogen-bond acceptors (Lipinski definition) is 4. The zero-order valence-corrected chi connectivity index (χ0v) is 10.1. The maximum atomic E-state index is 5.71. The van der Waals surface area contributed by atoms with Crippen LogP contribution in [0.3, 0.4) is 0 Å². The Kier molecular flexibility index (Phi) is 3.54. The van der Waals surface area contributed by atoms with Gasteiger partial charge in [-0.3, -0.25) is 4.98 Å². The van der Waals surface area contributed by atoms with Gasteiger partial charge in [0.2, 0.25) is 0 Å². The fourth-order valence-corrected chi connectivity index (χ4v) is 1.58. The summed E-state index contributed by atoms with van der Waals surface area (Å²) >= 11 is 0. The van der Waals surface area contributed by atoms with Crippen molar-refractivity contribution >= 4 is 5.84 Å². The fraction of sp³-hybridized carbons (Fsp3) is 0.0769. The summed E-state index contributed by atoms with van der Waals surface area (Å²) in [4.78, 5) is 4.37. The molecular formula is C13H15N5. The van der Waals surface area contributed by atoms with Gasteiger partial charge in [0, 0.05) is 17.3 Å². The van der Waals surface area contributed by atoms with Crippen LogP contribution in [0.5, 0.6) is 0 Å². The molecule has 1 aromatic heterocycles.